The molecule has 1 aromatic carbocycles. The van der Waals surface area contributed by atoms with Gasteiger partial charge in [0.15, 0.2) is 0 Å². The number of rotatable bonds is 3. The molecule has 17 heavy (non-hydrogen) atoms. The van der Waals surface area contributed by atoms with E-state index < -0.39 is 0 Å². The highest BCUT2D eigenvalue weighted by Crippen LogP contribution is 2.24. The van der Waals surface area contributed by atoms with Gasteiger partial charge in [0.25, 0.3) is 0 Å². The van der Waals surface area contributed by atoms with Crippen LogP contribution in [0.5, 0.6) is 0 Å². The molecule has 0 unspecified atom stereocenters. The normalized spacial score (nSPS) is 10.8. The molecule has 0 saturated heterocycles. The molecule has 2 rings (SSSR count). The van der Waals surface area contributed by atoms with E-state index in [0.717, 1.165) is 22.0 Å². The fourth-order valence-corrected chi connectivity index (χ4v) is 2.04. The van der Waals surface area contributed by atoms with E-state index in [9.17, 15) is 0 Å². The second kappa shape index (κ2) is 5.08. The highest BCUT2D eigenvalue weighted by molar-refractivity contribution is 6.31. The largest absolute Gasteiger partial charge is 0.316 e. The molecule has 0 aliphatic rings. The number of aryl methyl sites for hydroxylation is 1. The number of hydrogen-bond acceptors (Lipinski definition) is 2. The van der Waals surface area contributed by atoms with Crippen LogP contribution in [0.2, 0.25) is 10.0 Å². The summed E-state index contributed by atoms with van der Waals surface area (Å²) < 4.78 is 1.76. The van der Waals surface area contributed by atoms with Gasteiger partial charge in [-0.25, -0.2) is 4.68 Å². The van der Waals surface area contributed by atoms with E-state index in [2.05, 4.69) is 10.4 Å². The molecule has 0 spiro atoms. The van der Waals surface area contributed by atoms with Gasteiger partial charge in [0, 0.05) is 23.3 Å². The number of hydrogen-bond donors (Lipinski definition) is 1. The van der Waals surface area contributed by atoms with E-state index in [1.54, 1.807) is 10.9 Å². The van der Waals surface area contributed by atoms with E-state index in [1.807, 2.05) is 32.2 Å². The standard InChI is InChI=1S/C12H13Cl2N3/c1-8-11(14)7-17(16-8)12-5-3-4-10(13)9(12)6-15-2/h3-5,7,15H,6H2,1-2H3. The van der Waals surface area contributed by atoms with Gasteiger partial charge in [-0.3, -0.25) is 0 Å². The molecular formula is C12H13Cl2N3. The van der Waals surface area contributed by atoms with E-state index in [4.69, 9.17) is 23.2 Å². The molecule has 0 bridgehead atoms. The molecule has 1 aromatic heterocycles. The maximum Gasteiger partial charge on any atom is 0.0819 e. The zero-order valence-corrected chi connectivity index (χ0v) is 11.2. The van der Waals surface area contributed by atoms with Crippen molar-refractivity contribution in [1.82, 2.24) is 15.1 Å². The lowest BCUT2D eigenvalue weighted by molar-refractivity contribution is 0.785. The van der Waals surface area contributed by atoms with Gasteiger partial charge in [-0.15, -0.1) is 0 Å². The minimum atomic E-state index is 0.653. The van der Waals surface area contributed by atoms with E-state index in [0.29, 0.717) is 11.6 Å². The summed E-state index contributed by atoms with van der Waals surface area (Å²) in [4.78, 5) is 0. The SMILES string of the molecule is CNCc1c(Cl)cccc1-n1cc(Cl)c(C)n1. The zero-order valence-electron chi connectivity index (χ0n) is 9.67. The Hall–Kier alpha value is -1.03. The van der Waals surface area contributed by atoms with E-state index in [1.165, 1.54) is 0 Å². The smallest absolute Gasteiger partial charge is 0.0819 e. The summed E-state index contributed by atoms with van der Waals surface area (Å²) in [6.45, 7) is 2.56. The molecule has 0 aliphatic carbocycles. The molecule has 5 heteroatoms. The van der Waals surface area contributed by atoms with Crippen LogP contribution in [0.4, 0.5) is 0 Å². The van der Waals surface area contributed by atoms with Crippen LogP contribution in [-0.2, 0) is 6.54 Å². The topological polar surface area (TPSA) is 29.9 Å². The highest BCUT2D eigenvalue weighted by Gasteiger charge is 2.10. The van der Waals surface area contributed by atoms with Crippen molar-refractivity contribution in [2.45, 2.75) is 13.5 Å². The van der Waals surface area contributed by atoms with Crippen molar-refractivity contribution in [3.63, 3.8) is 0 Å². The Morgan fingerprint density at radius 2 is 2.06 bits per heavy atom. The lowest BCUT2D eigenvalue weighted by atomic mass is 10.2. The summed E-state index contributed by atoms with van der Waals surface area (Å²) in [7, 11) is 1.88. The number of benzene rings is 1. The third-order valence-corrected chi connectivity index (χ3v) is 3.26. The monoisotopic (exact) mass is 269 g/mol. The molecule has 2 aromatic rings. The van der Waals surface area contributed by atoms with Crippen molar-refractivity contribution >= 4 is 23.2 Å². The molecule has 1 heterocycles. The first-order valence-electron chi connectivity index (χ1n) is 5.27. The predicted octanol–water partition coefficient (Wildman–Crippen LogP) is 3.21. The van der Waals surface area contributed by atoms with Gasteiger partial charge in [-0.1, -0.05) is 29.3 Å². The predicted molar refractivity (Wildman–Crippen MR) is 71.1 cm³/mol. The van der Waals surface area contributed by atoms with Gasteiger partial charge < -0.3 is 5.32 Å². The third kappa shape index (κ3) is 2.46. The number of nitrogens with zero attached hydrogens (tertiary/aromatic N) is 2. The Bertz CT molecular complexity index is 515. The van der Waals surface area contributed by atoms with Gasteiger partial charge in [0.05, 0.1) is 16.4 Å². The van der Waals surface area contributed by atoms with Crippen LogP contribution in [0.1, 0.15) is 11.3 Å². The Kier molecular flexibility index (Phi) is 3.72. The first-order chi connectivity index (χ1) is 8.13. The maximum atomic E-state index is 6.19. The summed E-state index contributed by atoms with van der Waals surface area (Å²) in [5.74, 6) is 0. The van der Waals surface area contributed by atoms with Gasteiger partial charge >= 0.3 is 0 Å². The van der Waals surface area contributed by atoms with Crippen molar-refractivity contribution < 1.29 is 0 Å². The number of nitrogens with one attached hydrogen (secondary N) is 1. The zero-order chi connectivity index (χ0) is 12.4. The van der Waals surface area contributed by atoms with Crippen LogP contribution < -0.4 is 5.32 Å². The fraction of sp³-hybridized carbons (Fsp3) is 0.250. The van der Waals surface area contributed by atoms with E-state index >= 15 is 0 Å². The van der Waals surface area contributed by atoms with Gasteiger partial charge in [-0.05, 0) is 26.1 Å². The quantitative estimate of drug-likeness (QED) is 0.928. The summed E-state index contributed by atoms with van der Waals surface area (Å²) in [5, 5.41) is 8.84. The average Bonchev–Trinajstić information content (AvgIpc) is 2.62. The van der Waals surface area contributed by atoms with Gasteiger partial charge in [-0.2, -0.15) is 5.10 Å². The van der Waals surface area contributed by atoms with Crippen LogP contribution in [-0.4, -0.2) is 16.8 Å². The van der Waals surface area contributed by atoms with Crippen LogP contribution in [0, 0.1) is 6.92 Å². The van der Waals surface area contributed by atoms with Crippen molar-refractivity contribution in [1.29, 1.82) is 0 Å². The Labute approximate surface area is 110 Å². The van der Waals surface area contributed by atoms with Gasteiger partial charge in [0.1, 0.15) is 0 Å². The molecule has 0 atom stereocenters. The minimum Gasteiger partial charge on any atom is -0.316 e. The minimum absolute atomic E-state index is 0.653. The Morgan fingerprint density at radius 3 is 2.65 bits per heavy atom. The number of aromatic nitrogens is 2. The van der Waals surface area contributed by atoms with Crippen molar-refractivity contribution in [3.05, 3.63) is 45.7 Å². The molecule has 3 nitrogen and oxygen atoms in total. The summed E-state index contributed by atoms with van der Waals surface area (Å²) in [6.07, 6.45) is 1.79. The van der Waals surface area contributed by atoms with Crippen molar-refractivity contribution in [2.75, 3.05) is 7.05 Å². The number of halogens is 2. The van der Waals surface area contributed by atoms with Crippen LogP contribution in [0.3, 0.4) is 0 Å². The first kappa shape index (κ1) is 12.4. The summed E-state index contributed by atoms with van der Waals surface area (Å²) in [5.41, 5.74) is 2.76. The van der Waals surface area contributed by atoms with Crippen molar-refractivity contribution in [3.8, 4) is 5.69 Å². The van der Waals surface area contributed by atoms with Crippen molar-refractivity contribution in [2.24, 2.45) is 0 Å². The molecule has 0 saturated carbocycles. The maximum absolute atomic E-state index is 6.19. The van der Waals surface area contributed by atoms with Crippen LogP contribution in [0.25, 0.3) is 5.69 Å². The molecular weight excluding hydrogens is 257 g/mol. The summed E-state index contributed by atoms with van der Waals surface area (Å²) in [6, 6.07) is 5.75. The first-order valence-corrected chi connectivity index (χ1v) is 6.03. The molecule has 0 radical (unpaired) electrons. The van der Waals surface area contributed by atoms with E-state index in [-0.39, 0.29) is 0 Å². The Morgan fingerprint density at radius 1 is 1.29 bits per heavy atom. The molecule has 0 aliphatic heterocycles. The second-order valence-electron chi connectivity index (χ2n) is 3.77. The van der Waals surface area contributed by atoms with Crippen LogP contribution >= 0.6 is 23.2 Å². The highest BCUT2D eigenvalue weighted by atomic mass is 35.5. The molecule has 0 fully saturated rings. The van der Waals surface area contributed by atoms with Crippen LogP contribution in [0.15, 0.2) is 24.4 Å². The van der Waals surface area contributed by atoms with Gasteiger partial charge in [0.2, 0.25) is 0 Å². The molecule has 0 amide bonds. The average molecular weight is 270 g/mol. The lowest BCUT2D eigenvalue weighted by Gasteiger charge is -2.10. The molecule has 90 valence electrons. The Balaban J connectivity index is 2.54. The lowest BCUT2D eigenvalue weighted by Crippen LogP contribution is -2.10. The third-order valence-electron chi connectivity index (χ3n) is 2.53. The summed E-state index contributed by atoms with van der Waals surface area (Å²) >= 11 is 12.2. The fourth-order valence-electron chi connectivity index (χ4n) is 1.68. The second-order valence-corrected chi connectivity index (χ2v) is 4.59. The molecule has 1 N–H and O–H groups in total.